The molecule has 1 heteroatoms. The second-order valence-corrected chi connectivity index (χ2v) is 2.81. The maximum atomic E-state index is 3.37. The first-order valence-corrected chi connectivity index (χ1v) is 5.66. The van der Waals surface area contributed by atoms with Crippen LogP contribution in [0.25, 0.3) is 0 Å². The van der Waals surface area contributed by atoms with Crippen molar-refractivity contribution in [1.29, 1.82) is 0 Å². The van der Waals surface area contributed by atoms with Gasteiger partial charge in [0.1, 0.15) is 0 Å². The topological polar surface area (TPSA) is 12.0 Å². The molecule has 0 radical (unpaired) electrons. The summed E-state index contributed by atoms with van der Waals surface area (Å²) >= 11 is 0. The van der Waals surface area contributed by atoms with Crippen LogP contribution in [0.5, 0.6) is 0 Å². The van der Waals surface area contributed by atoms with E-state index in [-0.39, 0.29) is 0 Å². The van der Waals surface area contributed by atoms with Gasteiger partial charge in [-0.2, -0.15) is 0 Å². The van der Waals surface area contributed by atoms with E-state index >= 15 is 0 Å². The monoisotopic (exact) mass is 185 g/mol. The number of nitrogens with one attached hydrogen (secondary N) is 1. The minimum Gasteiger partial charge on any atom is -0.316 e. The van der Waals surface area contributed by atoms with Crippen LogP contribution in [0.4, 0.5) is 0 Å². The maximum Gasteiger partial charge on any atom is -0.00115 e. The minimum absolute atomic E-state index is 1.17. The summed E-state index contributed by atoms with van der Waals surface area (Å²) in [4.78, 5) is 0. The summed E-state index contributed by atoms with van der Waals surface area (Å²) < 4.78 is 0. The smallest absolute Gasteiger partial charge is 0.00115 e. The molecule has 0 amide bonds. The molecule has 0 aromatic heterocycles. The quantitative estimate of drug-likeness (QED) is 0.567. The predicted molar refractivity (Wildman–Crippen MR) is 63.2 cm³/mol. The normalized spacial score (nSPS) is 16.2. The van der Waals surface area contributed by atoms with E-state index in [1.165, 1.54) is 25.9 Å². The molecule has 0 aromatic rings. The highest BCUT2D eigenvalue weighted by Gasteiger charge is 2.01. The van der Waals surface area contributed by atoms with Crippen LogP contribution >= 0.6 is 0 Å². The lowest BCUT2D eigenvalue weighted by Gasteiger charge is -1.98. The van der Waals surface area contributed by atoms with Crippen molar-refractivity contribution in [2.75, 3.05) is 13.1 Å². The van der Waals surface area contributed by atoms with E-state index in [0.29, 0.717) is 0 Å². The molecule has 0 atom stereocenters. The Labute approximate surface area is 84.6 Å². The standard InChI is InChI=1S/C8H15N.2C2H6/c1-7-3-5-9-6-4-8(7)2;2*1-2/h9H,3-6H2,1-2H3;2*1-2H3. The van der Waals surface area contributed by atoms with Crippen molar-refractivity contribution in [2.24, 2.45) is 0 Å². The Morgan fingerprint density at radius 3 is 1.38 bits per heavy atom. The van der Waals surface area contributed by atoms with Crippen molar-refractivity contribution in [3.8, 4) is 0 Å². The summed E-state index contributed by atoms with van der Waals surface area (Å²) in [6.45, 7) is 14.8. The Kier molecular flexibility index (Phi) is 13.7. The van der Waals surface area contributed by atoms with E-state index in [2.05, 4.69) is 19.2 Å². The van der Waals surface area contributed by atoms with Crippen LogP contribution in [0.15, 0.2) is 11.1 Å². The summed E-state index contributed by atoms with van der Waals surface area (Å²) in [5.74, 6) is 0. The van der Waals surface area contributed by atoms with Crippen LogP contribution in [0.3, 0.4) is 0 Å². The van der Waals surface area contributed by atoms with Crippen molar-refractivity contribution >= 4 is 0 Å². The maximum absolute atomic E-state index is 3.37. The zero-order valence-electron chi connectivity index (χ0n) is 10.3. The molecule has 0 fully saturated rings. The van der Waals surface area contributed by atoms with Crippen molar-refractivity contribution in [3.63, 3.8) is 0 Å². The number of rotatable bonds is 0. The van der Waals surface area contributed by atoms with E-state index in [0.717, 1.165) is 0 Å². The molecule has 1 aliphatic heterocycles. The summed E-state index contributed by atoms with van der Waals surface area (Å²) in [5, 5.41) is 3.37. The van der Waals surface area contributed by atoms with Gasteiger partial charge in [-0.1, -0.05) is 38.8 Å². The van der Waals surface area contributed by atoms with Crippen LogP contribution in [-0.4, -0.2) is 13.1 Å². The molecule has 0 saturated heterocycles. The lowest BCUT2D eigenvalue weighted by atomic mass is 10.1. The molecular weight excluding hydrogens is 158 g/mol. The van der Waals surface area contributed by atoms with Crippen molar-refractivity contribution in [3.05, 3.63) is 11.1 Å². The second kappa shape index (κ2) is 11.7. The fourth-order valence-corrected chi connectivity index (χ4v) is 1.10. The van der Waals surface area contributed by atoms with Crippen LogP contribution in [0.1, 0.15) is 54.4 Å². The SMILES string of the molecule is CC.CC.CC1=C(C)CCNCC1. The molecule has 13 heavy (non-hydrogen) atoms. The molecule has 0 aliphatic carbocycles. The largest absolute Gasteiger partial charge is 0.316 e. The van der Waals surface area contributed by atoms with Crippen LogP contribution < -0.4 is 5.32 Å². The van der Waals surface area contributed by atoms with E-state index in [1.807, 2.05) is 27.7 Å². The highest BCUT2D eigenvalue weighted by Crippen LogP contribution is 2.12. The predicted octanol–water partition coefficient (Wildman–Crippen LogP) is 3.76. The average Bonchev–Trinajstić information content (AvgIpc) is 2.39. The van der Waals surface area contributed by atoms with E-state index in [1.54, 1.807) is 11.1 Å². The van der Waals surface area contributed by atoms with Gasteiger partial charge in [0, 0.05) is 0 Å². The van der Waals surface area contributed by atoms with Crippen LogP contribution in [-0.2, 0) is 0 Å². The zero-order valence-corrected chi connectivity index (χ0v) is 10.3. The summed E-state index contributed by atoms with van der Waals surface area (Å²) in [7, 11) is 0. The third kappa shape index (κ3) is 8.04. The first-order valence-electron chi connectivity index (χ1n) is 5.66. The van der Waals surface area contributed by atoms with Gasteiger partial charge in [0.15, 0.2) is 0 Å². The minimum atomic E-state index is 1.17. The van der Waals surface area contributed by atoms with Gasteiger partial charge in [0.25, 0.3) is 0 Å². The third-order valence-corrected chi connectivity index (χ3v) is 2.08. The first kappa shape index (κ1) is 15.2. The average molecular weight is 185 g/mol. The van der Waals surface area contributed by atoms with Gasteiger partial charge in [-0.3, -0.25) is 0 Å². The van der Waals surface area contributed by atoms with Gasteiger partial charge >= 0.3 is 0 Å². The van der Waals surface area contributed by atoms with E-state index in [4.69, 9.17) is 0 Å². The van der Waals surface area contributed by atoms with Crippen molar-refractivity contribution < 1.29 is 0 Å². The Hall–Kier alpha value is -0.300. The Morgan fingerprint density at radius 1 is 0.769 bits per heavy atom. The summed E-state index contributed by atoms with van der Waals surface area (Å²) in [5.41, 5.74) is 3.17. The van der Waals surface area contributed by atoms with Gasteiger partial charge in [0.05, 0.1) is 0 Å². The van der Waals surface area contributed by atoms with Gasteiger partial charge in [-0.15, -0.1) is 0 Å². The lowest BCUT2D eigenvalue weighted by molar-refractivity contribution is 0.706. The third-order valence-electron chi connectivity index (χ3n) is 2.08. The Balaban J connectivity index is 0. The molecule has 1 N–H and O–H groups in total. The van der Waals surface area contributed by atoms with E-state index < -0.39 is 0 Å². The fourth-order valence-electron chi connectivity index (χ4n) is 1.10. The molecular formula is C12H27N. The highest BCUT2D eigenvalue weighted by molar-refractivity contribution is 5.11. The van der Waals surface area contributed by atoms with Crippen LogP contribution in [0, 0.1) is 0 Å². The highest BCUT2D eigenvalue weighted by atomic mass is 14.8. The first-order chi connectivity index (χ1) is 6.30. The zero-order chi connectivity index (χ0) is 10.7. The van der Waals surface area contributed by atoms with Crippen molar-refractivity contribution in [2.45, 2.75) is 54.4 Å². The van der Waals surface area contributed by atoms with Crippen molar-refractivity contribution in [1.82, 2.24) is 5.32 Å². The van der Waals surface area contributed by atoms with Gasteiger partial charge in [-0.05, 0) is 39.8 Å². The molecule has 80 valence electrons. The summed E-state index contributed by atoms with van der Waals surface area (Å²) in [6, 6.07) is 0. The van der Waals surface area contributed by atoms with E-state index in [9.17, 15) is 0 Å². The molecule has 0 saturated carbocycles. The van der Waals surface area contributed by atoms with Gasteiger partial charge in [0.2, 0.25) is 0 Å². The molecule has 1 aliphatic rings. The Morgan fingerprint density at radius 2 is 1.08 bits per heavy atom. The molecule has 1 rings (SSSR count). The van der Waals surface area contributed by atoms with Crippen LogP contribution in [0.2, 0.25) is 0 Å². The molecule has 0 aromatic carbocycles. The fraction of sp³-hybridized carbons (Fsp3) is 0.833. The van der Waals surface area contributed by atoms with Gasteiger partial charge < -0.3 is 5.32 Å². The Bertz CT molecular complexity index is 111. The molecule has 0 unspecified atom stereocenters. The van der Waals surface area contributed by atoms with Gasteiger partial charge in [-0.25, -0.2) is 0 Å². The summed E-state index contributed by atoms with van der Waals surface area (Å²) in [6.07, 6.45) is 2.48. The molecule has 0 spiro atoms. The number of hydrogen-bond donors (Lipinski definition) is 1. The second-order valence-electron chi connectivity index (χ2n) is 2.81. The molecule has 1 nitrogen and oxygen atoms in total. The lowest BCUT2D eigenvalue weighted by Crippen LogP contribution is -2.13. The number of hydrogen-bond acceptors (Lipinski definition) is 1. The molecule has 1 heterocycles. The molecule has 0 bridgehead atoms.